The van der Waals surface area contributed by atoms with E-state index in [2.05, 4.69) is 4.98 Å². The van der Waals surface area contributed by atoms with Crippen LogP contribution < -0.4 is 0 Å². The molecule has 1 fully saturated rings. The number of nitrogens with zero attached hydrogens (tertiary/aromatic N) is 3. The zero-order chi connectivity index (χ0) is 19.0. The maximum Gasteiger partial charge on any atom is 0.335 e. The molecular formula is C20H18ClN3O3. The summed E-state index contributed by atoms with van der Waals surface area (Å²) in [6.07, 6.45) is 5.19. The predicted octanol–water partition coefficient (Wildman–Crippen LogP) is 3.39. The highest BCUT2D eigenvalue weighted by Gasteiger charge is 2.28. The molecule has 1 atom stereocenters. The maximum atomic E-state index is 12.8. The van der Waals surface area contributed by atoms with Gasteiger partial charge in [-0.25, -0.2) is 9.78 Å². The third-order valence-corrected chi connectivity index (χ3v) is 5.16. The van der Waals surface area contributed by atoms with Crippen LogP contribution in [-0.4, -0.2) is 44.4 Å². The second-order valence-electron chi connectivity index (χ2n) is 6.85. The van der Waals surface area contributed by atoms with Crippen LogP contribution in [0.1, 0.15) is 32.8 Å². The summed E-state index contributed by atoms with van der Waals surface area (Å²) in [4.78, 5) is 29.9. The number of carboxylic acid groups (broad SMARTS) is 1. The number of likely N-dealkylation sites (tertiary alicyclic amines) is 1. The van der Waals surface area contributed by atoms with E-state index < -0.39 is 5.97 Å². The van der Waals surface area contributed by atoms with Gasteiger partial charge in [0.1, 0.15) is 11.3 Å². The van der Waals surface area contributed by atoms with Crippen LogP contribution in [0.3, 0.4) is 0 Å². The van der Waals surface area contributed by atoms with Gasteiger partial charge in [0, 0.05) is 25.5 Å². The molecule has 1 aliphatic heterocycles. The molecule has 1 aliphatic rings. The zero-order valence-electron chi connectivity index (χ0n) is 14.5. The summed E-state index contributed by atoms with van der Waals surface area (Å²) in [5.41, 5.74) is 2.48. The fraction of sp³-hybridized carbons (Fsp3) is 0.250. The highest BCUT2D eigenvalue weighted by atomic mass is 35.5. The first-order valence-electron chi connectivity index (χ1n) is 8.75. The molecule has 27 heavy (non-hydrogen) atoms. The van der Waals surface area contributed by atoms with Crippen molar-refractivity contribution in [2.75, 3.05) is 13.1 Å². The second kappa shape index (κ2) is 7.04. The normalized spacial score (nSPS) is 16.8. The largest absolute Gasteiger partial charge is 0.478 e. The van der Waals surface area contributed by atoms with Gasteiger partial charge in [0.25, 0.3) is 5.91 Å². The Balaban J connectivity index is 1.42. The monoisotopic (exact) mass is 383 g/mol. The summed E-state index contributed by atoms with van der Waals surface area (Å²) in [5.74, 6) is -0.636. The second-order valence-corrected chi connectivity index (χ2v) is 7.29. The Bertz CT molecular complexity index is 1010. The van der Waals surface area contributed by atoms with Gasteiger partial charge in [0.05, 0.1) is 10.6 Å². The minimum absolute atomic E-state index is 0.0708. The minimum atomic E-state index is -0.923. The number of hydrogen-bond donors (Lipinski definition) is 1. The number of aromatic carboxylic acids is 1. The quantitative estimate of drug-likeness (QED) is 0.749. The fourth-order valence-electron chi connectivity index (χ4n) is 3.53. The van der Waals surface area contributed by atoms with Gasteiger partial charge < -0.3 is 14.4 Å². The van der Waals surface area contributed by atoms with Gasteiger partial charge in [0.15, 0.2) is 0 Å². The van der Waals surface area contributed by atoms with Gasteiger partial charge in [-0.3, -0.25) is 4.79 Å². The van der Waals surface area contributed by atoms with Crippen molar-refractivity contribution in [3.8, 4) is 0 Å². The molecule has 3 aromatic rings. The van der Waals surface area contributed by atoms with Crippen molar-refractivity contribution in [1.82, 2.24) is 14.3 Å². The van der Waals surface area contributed by atoms with E-state index in [1.807, 2.05) is 17.0 Å². The van der Waals surface area contributed by atoms with Crippen molar-refractivity contribution in [1.29, 1.82) is 0 Å². The molecule has 6 nitrogen and oxygen atoms in total. The molecule has 7 heteroatoms. The van der Waals surface area contributed by atoms with Crippen LogP contribution in [0.25, 0.3) is 5.65 Å². The Kier molecular flexibility index (Phi) is 4.58. The summed E-state index contributed by atoms with van der Waals surface area (Å²) in [6, 6.07) is 10.5. The summed E-state index contributed by atoms with van der Waals surface area (Å²) in [6.45, 7) is 1.37. The molecule has 2 aromatic heterocycles. The number of imidazole rings is 1. The van der Waals surface area contributed by atoms with Crippen molar-refractivity contribution < 1.29 is 14.7 Å². The standard InChI is InChI=1S/C20H18ClN3O3/c21-16-5-6-18-22-17(12-24(18)11-16)19(25)23-8-7-14(10-23)9-13-1-3-15(4-2-13)20(26)27/h1-6,11-12,14H,7-10H2,(H,26,27). The minimum Gasteiger partial charge on any atom is -0.478 e. The van der Waals surface area contributed by atoms with E-state index in [1.165, 1.54) is 0 Å². The SMILES string of the molecule is O=C(O)c1ccc(CC2CCN(C(=O)c3cn4cc(Cl)ccc4n3)C2)cc1. The fourth-order valence-corrected chi connectivity index (χ4v) is 3.70. The highest BCUT2D eigenvalue weighted by molar-refractivity contribution is 6.30. The lowest BCUT2D eigenvalue weighted by Gasteiger charge is -2.15. The Hall–Kier alpha value is -2.86. The molecule has 0 spiro atoms. The maximum absolute atomic E-state index is 12.8. The van der Waals surface area contributed by atoms with Crippen LogP contribution in [0.5, 0.6) is 0 Å². The van der Waals surface area contributed by atoms with Gasteiger partial charge in [0.2, 0.25) is 0 Å². The van der Waals surface area contributed by atoms with E-state index in [9.17, 15) is 9.59 Å². The Morgan fingerprint density at radius 1 is 1.15 bits per heavy atom. The Morgan fingerprint density at radius 2 is 1.93 bits per heavy atom. The van der Waals surface area contributed by atoms with E-state index in [1.54, 1.807) is 41.1 Å². The molecular weight excluding hydrogens is 366 g/mol. The number of rotatable bonds is 4. The topological polar surface area (TPSA) is 74.9 Å². The van der Waals surface area contributed by atoms with E-state index in [-0.39, 0.29) is 11.5 Å². The average molecular weight is 384 g/mol. The number of fused-ring (bicyclic) bond motifs is 1. The van der Waals surface area contributed by atoms with Crippen molar-refractivity contribution in [2.24, 2.45) is 5.92 Å². The highest BCUT2D eigenvalue weighted by Crippen LogP contribution is 2.23. The Labute approximate surface area is 161 Å². The molecule has 1 saturated heterocycles. The van der Waals surface area contributed by atoms with E-state index >= 15 is 0 Å². The molecule has 3 heterocycles. The van der Waals surface area contributed by atoms with Crippen molar-refractivity contribution in [3.63, 3.8) is 0 Å². The number of halogens is 1. The molecule has 1 amide bonds. The number of benzene rings is 1. The third kappa shape index (κ3) is 3.66. The van der Waals surface area contributed by atoms with Gasteiger partial charge in [-0.05, 0) is 48.6 Å². The van der Waals surface area contributed by atoms with E-state index in [0.29, 0.717) is 35.4 Å². The number of amides is 1. The molecule has 1 unspecified atom stereocenters. The zero-order valence-corrected chi connectivity index (χ0v) is 15.3. The molecule has 138 valence electrons. The lowest BCUT2D eigenvalue weighted by atomic mass is 9.98. The molecule has 1 aromatic carbocycles. The first kappa shape index (κ1) is 17.5. The van der Waals surface area contributed by atoms with Crippen LogP contribution in [-0.2, 0) is 6.42 Å². The van der Waals surface area contributed by atoms with Crippen molar-refractivity contribution >= 4 is 29.1 Å². The van der Waals surface area contributed by atoms with Gasteiger partial charge in [-0.15, -0.1) is 0 Å². The van der Waals surface area contributed by atoms with E-state index in [4.69, 9.17) is 16.7 Å². The summed E-state index contributed by atoms with van der Waals surface area (Å²) < 4.78 is 1.76. The summed E-state index contributed by atoms with van der Waals surface area (Å²) in [7, 11) is 0. The van der Waals surface area contributed by atoms with Crippen molar-refractivity contribution in [3.05, 3.63) is 70.6 Å². The van der Waals surface area contributed by atoms with Crippen LogP contribution in [0.4, 0.5) is 0 Å². The third-order valence-electron chi connectivity index (χ3n) is 4.93. The Morgan fingerprint density at radius 3 is 2.67 bits per heavy atom. The van der Waals surface area contributed by atoms with E-state index in [0.717, 1.165) is 18.4 Å². The molecule has 0 radical (unpaired) electrons. The lowest BCUT2D eigenvalue weighted by molar-refractivity contribution is 0.0696. The van der Waals surface area contributed by atoms with Crippen LogP contribution in [0.15, 0.2) is 48.8 Å². The molecule has 0 aliphatic carbocycles. The number of hydrogen-bond acceptors (Lipinski definition) is 3. The van der Waals surface area contributed by atoms with Crippen LogP contribution in [0.2, 0.25) is 5.02 Å². The van der Waals surface area contributed by atoms with Gasteiger partial charge in [-0.1, -0.05) is 23.7 Å². The number of carbonyl (C=O) groups is 2. The number of carbonyl (C=O) groups excluding carboxylic acids is 1. The lowest BCUT2D eigenvalue weighted by Crippen LogP contribution is -2.29. The number of carboxylic acids is 1. The predicted molar refractivity (Wildman–Crippen MR) is 101 cm³/mol. The average Bonchev–Trinajstić information content (AvgIpc) is 3.28. The summed E-state index contributed by atoms with van der Waals surface area (Å²) >= 11 is 5.98. The van der Waals surface area contributed by atoms with Gasteiger partial charge >= 0.3 is 5.97 Å². The summed E-state index contributed by atoms with van der Waals surface area (Å²) in [5, 5.41) is 9.56. The van der Waals surface area contributed by atoms with Gasteiger partial charge in [-0.2, -0.15) is 0 Å². The van der Waals surface area contributed by atoms with Crippen molar-refractivity contribution in [2.45, 2.75) is 12.8 Å². The first-order valence-corrected chi connectivity index (χ1v) is 9.13. The van der Waals surface area contributed by atoms with Crippen LogP contribution in [0, 0.1) is 5.92 Å². The molecule has 0 bridgehead atoms. The first-order chi connectivity index (χ1) is 13.0. The number of aromatic nitrogens is 2. The smallest absolute Gasteiger partial charge is 0.335 e. The molecule has 4 rings (SSSR count). The molecule has 0 saturated carbocycles. The number of pyridine rings is 1. The van der Waals surface area contributed by atoms with Crippen LogP contribution >= 0.6 is 11.6 Å². The molecule has 1 N–H and O–H groups in total.